The molecule has 0 spiro atoms. The van der Waals surface area contributed by atoms with Gasteiger partial charge in [-0.1, -0.05) is 17.7 Å². The fourth-order valence-electron chi connectivity index (χ4n) is 3.94. The highest BCUT2D eigenvalue weighted by atomic mass is 35.5. The molecular formula is C26H26ClFN4O6. The Balaban J connectivity index is 1.82. The van der Waals surface area contributed by atoms with E-state index in [9.17, 15) is 19.1 Å². The summed E-state index contributed by atoms with van der Waals surface area (Å²) in [4.78, 5) is 32.1. The fourth-order valence-corrected chi connectivity index (χ4v) is 4.17. The van der Waals surface area contributed by atoms with Crippen molar-refractivity contribution in [2.45, 2.75) is 27.1 Å². The molecule has 4 aromatic rings. The summed E-state index contributed by atoms with van der Waals surface area (Å²) in [5.74, 6) is -0.414. The van der Waals surface area contributed by atoms with E-state index in [4.69, 9.17) is 25.8 Å². The summed E-state index contributed by atoms with van der Waals surface area (Å²) in [6.07, 6.45) is 0. The quantitative estimate of drug-likeness (QED) is 0.279. The number of likely N-dealkylation sites (N-methyl/N-ethyl adjacent to an activating group) is 1. The van der Waals surface area contributed by atoms with Gasteiger partial charge in [-0.05, 0) is 37.6 Å². The molecule has 0 atom stereocenters. The number of aliphatic hydroxyl groups is 1. The molecule has 38 heavy (non-hydrogen) atoms. The average molecular weight is 545 g/mol. The number of nitrogens with zero attached hydrogens (tertiary/aromatic N) is 2. The van der Waals surface area contributed by atoms with Crippen LogP contribution in [0.3, 0.4) is 0 Å². The van der Waals surface area contributed by atoms with Crippen LogP contribution in [0.15, 0.2) is 41.2 Å². The van der Waals surface area contributed by atoms with Gasteiger partial charge in [-0.25, -0.2) is 18.7 Å². The largest absolute Gasteiger partial charge is 0.496 e. The first-order chi connectivity index (χ1) is 18.3. The summed E-state index contributed by atoms with van der Waals surface area (Å²) in [7, 11) is 1.42. The minimum atomic E-state index is -0.535. The van der Waals surface area contributed by atoms with Gasteiger partial charge in [-0.3, -0.25) is 4.79 Å². The van der Waals surface area contributed by atoms with Crippen molar-refractivity contribution in [2.75, 3.05) is 20.3 Å². The number of ether oxygens (including phenoxy) is 3. The average Bonchev–Trinajstić information content (AvgIpc) is 3.23. The third kappa shape index (κ3) is 5.43. The Morgan fingerprint density at radius 3 is 2.68 bits per heavy atom. The molecule has 2 aromatic heterocycles. The minimum Gasteiger partial charge on any atom is -0.496 e. The SMILES string of the molecule is CCNC(=O)COc1cc(Cl)c(-n2c(=O)[nH]c3c(C)cc(CO)nc32)cc1OCc1c(F)cccc1OC. The lowest BCUT2D eigenvalue weighted by Crippen LogP contribution is -2.28. The van der Waals surface area contributed by atoms with Crippen molar-refractivity contribution in [1.82, 2.24) is 19.9 Å². The first-order valence-electron chi connectivity index (χ1n) is 11.7. The van der Waals surface area contributed by atoms with E-state index in [0.29, 0.717) is 23.3 Å². The predicted molar refractivity (Wildman–Crippen MR) is 139 cm³/mol. The Labute approximate surface area is 221 Å². The number of hydrogen-bond donors (Lipinski definition) is 3. The zero-order valence-corrected chi connectivity index (χ0v) is 21.7. The Hall–Kier alpha value is -4.09. The second kappa shape index (κ2) is 11.5. The number of hydrogen-bond acceptors (Lipinski definition) is 7. The highest BCUT2D eigenvalue weighted by Crippen LogP contribution is 2.37. The maximum atomic E-state index is 14.5. The molecule has 0 unspecified atom stereocenters. The van der Waals surface area contributed by atoms with Crippen molar-refractivity contribution in [2.24, 2.45) is 0 Å². The number of imidazole rings is 1. The molecule has 0 fully saturated rings. The third-order valence-corrected chi connectivity index (χ3v) is 6.02. The van der Waals surface area contributed by atoms with Crippen LogP contribution in [0.5, 0.6) is 17.2 Å². The smallest absolute Gasteiger partial charge is 0.332 e. The molecule has 12 heteroatoms. The summed E-state index contributed by atoms with van der Waals surface area (Å²) in [6, 6.07) is 8.90. The highest BCUT2D eigenvalue weighted by Gasteiger charge is 2.20. The van der Waals surface area contributed by atoms with Crippen molar-refractivity contribution < 1.29 is 28.5 Å². The van der Waals surface area contributed by atoms with E-state index in [1.54, 1.807) is 26.0 Å². The molecule has 0 saturated heterocycles. The Morgan fingerprint density at radius 1 is 1.21 bits per heavy atom. The monoisotopic (exact) mass is 544 g/mol. The number of carbonyl (C=O) groups excluding carboxylic acids is 1. The van der Waals surface area contributed by atoms with Gasteiger partial charge in [0.2, 0.25) is 0 Å². The second-order valence-corrected chi connectivity index (χ2v) is 8.66. The molecule has 0 radical (unpaired) electrons. The first kappa shape index (κ1) is 27.0. The number of aliphatic hydroxyl groups excluding tert-OH is 1. The molecule has 1 amide bonds. The number of rotatable bonds is 10. The van der Waals surface area contributed by atoms with E-state index >= 15 is 0 Å². The Morgan fingerprint density at radius 2 is 1.97 bits per heavy atom. The number of amides is 1. The molecule has 4 rings (SSSR count). The van der Waals surface area contributed by atoms with Crippen LogP contribution in [0.25, 0.3) is 16.9 Å². The van der Waals surface area contributed by atoms with E-state index in [-0.39, 0.29) is 64.9 Å². The van der Waals surface area contributed by atoms with Gasteiger partial charge in [0.25, 0.3) is 5.91 Å². The number of carbonyl (C=O) groups is 1. The number of benzene rings is 2. The Kier molecular flexibility index (Phi) is 8.18. The molecular weight excluding hydrogens is 519 g/mol. The van der Waals surface area contributed by atoms with E-state index in [0.717, 1.165) is 0 Å². The van der Waals surface area contributed by atoms with E-state index in [1.165, 1.54) is 35.9 Å². The van der Waals surface area contributed by atoms with E-state index in [1.807, 2.05) is 0 Å². The van der Waals surface area contributed by atoms with Gasteiger partial charge in [0.05, 0.1) is 41.2 Å². The number of pyridine rings is 1. The second-order valence-electron chi connectivity index (χ2n) is 8.25. The number of methoxy groups -OCH3 is 1. The van der Waals surface area contributed by atoms with E-state index in [2.05, 4.69) is 15.3 Å². The molecule has 0 aliphatic heterocycles. The number of nitrogens with one attached hydrogen (secondary N) is 2. The summed E-state index contributed by atoms with van der Waals surface area (Å²) in [6.45, 7) is 3.08. The fraction of sp³-hybridized carbons (Fsp3) is 0.269. The van der Waals surface area contributed by atoms with Gasteiger partial charge in [-0.15, -0.1) is 0 Å². The maximum Gasteiger partial charge on any atom is 0.332 e. The van der Waals surface area contributed by atoms with Crippen LogP contribution < -0.4 is 25.2 Å². The van der Waals surface area contributed by atoms with Gasteiger partial charge in [-0.2, -0.15) is 0 Å². The first-order valence-corrected chi connectivity index (χ1v) is 12.0. The maximum absolute atomic E-state index is 14.5. The van der Waals surface area contributed by atoms with Gasteiger partial charge in [0.1, 0.15) is 18.2 Å². The van der Waals surface area contributed by atoms with Gasteiger partial charge >= 0.3 is 5.69 Å². The summed E-state index contributed by atoms with van der Waals surface area (Å²) < 4.78 is 32.6. The number of H-pyrrole nitrogens is 1. The molecule has 0 saturated carbocycles. The molecule has 3 N–H and O–H groups in total. The normalized spacial score (nSPS) is 11.0. The number of aromatic nitrogens is 3. The van der Waals surface area contributed by atoms with Crippen LogP contribution in [0.4, 0.5) is 4.39 Å². The zero-order valence-electron chi connectivity index (χ0n) is 20.9. The van der Waals surface area contributed by atoms with Crippen LogP contribution in [0.1, 0.15) is 23.7 Å². The number of aromatic amines is 1. The Bertz CT molecular complexity index is 1550. The van der Waals surface area contributed by atoms with Crippen molar-refractivity contribution in [3.05, 3.63) is 74.5 Å². The van der Waals surface area contributed by atoms with Crippen LogP contribution >= 0.6 is 11.6 Å². The van der Waals surface area contributed by atoms with E-state index < -0.39 is 11.5 Å². The number of fused-ring (bicyclic) bond motifs is 1. The van der Waals surface area contributed by atoms with Crippen molar-refractivity contribution in [3.63, 3.8) is 0 Å². The predicted octanol–water partition coefficient (Wildman–Crippen LogP) is 3.41. The lowest BCUT2D eigenvalue weighted by atomic mass is 10.2. The van der Waals surface area contributed by atoms with Gasteiger partial charge in [0, 0.05) is 18.7 Å². The summed E-state index contributed by atoms with van der Waals surface area (Å²) >= 11 is 6.58. The molecule has 0 aliphatic carbocycles. The number of aryl methyl sites for hydroxylation is 1. The van der Waals surface area contributed by atoms with Gasteiger partial charge < -0.3 is 29.6 Å². The molecule has 0 aliphatic rings. The van der Waals surface area contributed by atoms with Crippen molar-refractivity contribution >= 4 is 28.7 Å². The third-order valence-electron chi connectivity index (χ3n) is 5.71. The molecule has 200 valence electrons. The van der Waals surface area contributed by atoms with Crippen molar-refractivity contribution in [1.29, 1.82) is 0 Å². The molecule has 10 nitrogen and oxygen atoms in total. The highest BCUT2D eigenvalue weighted by molar-refractivity contribution is 6.32. The summed E-state index contributed by atoms with van der Waals surface area (Å²) in [5, 5.41) is 12.3. The van der Waals surface area contributed by atoms with Crippen LogP contribution in [-0.2, 0) is 18.0 Å². The lowest BCUT2D eigenvalue weighted by Gasteiger charge is -2.17. The van der Waals surface area contributed by atoms with Crippen LogP contribution in [0.2, 0.25) is 5.02 Å². The van der Waals surface area contributed by atoms with Crippen molar-refractivity contribution in [3.8, 4) is 22.9 Å². The number of halogens is 2. The van der Waals surface area contributed by atoms with Crippen LogP contribution in [-0.4, -0.2) is 45.8 Å². The molecule has 2 heterocycles. The lowest BCUT2D eigenvalue weighted by molar-refractivity contribution is -0.123. The van der Waals surface area contributed by atoms with Crippen LogP contribution in [0, 0.1) is 12.7 Å². The zero-order chi connectivity index (χ0) is 27.4. The molecule has 0 bridgehead atoms. The minimum absolute atomic E-state index is 0.0929. The summed E-state index contributed by atoms with van der Waals surface area (Å²) in [5.41, 5.74) is 1.63. The molecule has 2 aromatic carbocycles. The standard InChI is InChI=1S/C26H26ClFN4O6/c1-4-29-23(34)13-38-21-9-17(27)19(10-22(21)37-12-16-18(28)6-5-7-20(16)36-3)32-25-24(31-26(32)35)14(2)8-15(11-33)30-25/h5-10,33H,4,11-13H2,1-3H3,(H,29,34)(H,31,35). The topological polar surface area (TPSA) is 128 Å². The van der Waals surface area contributed by atoms with Gasteiger partial charge in [0.15, 0.2) is 23.8 Å².